The Hall–Kier alpha value is -1.10. The molecule has 0 N–H and O–H groups in total. The van der Waals surface area contributed by atoms with Gasteiger partial charge in [-0.2, -0.15) is 0 Å². The Morgan fingerprint density at radius 2 is 2.14 bits per heavy atom. The van der Waals surface area contributed by atoms with Gasteiger partial charge in [0.25, 0.3) is 6.47 Å². The van der Waals surface area contributed by atoms with Crippen LogP contribution in [0.1, 0.15) is 26.2 Å². The molecule has 5 nitrogen and oxygen atoms in total. The van der Waals surface area contributed by atoms with E-state index in [0.717, 1.165) is 19.3 Å². The molecule has 0 spiro atoms. The third kappa shape index (κ3) is 8.99. The fourth-order valence-electron chi connectivity index (χ4n) is 0.781. The lowest BCUT2D eigenvalue weighted by atomic mass is 10.3. The molecule has 0 aromatic carbocycles. The maximum absolute atomic E-state index is 10.9. The molecule has 0 aromatic heterocycles. The Bertz CT molecular complexity index is 157. The summed E-state index contributed by atoms with van der Waals surface area (Å²) in [5, 5.41) is 0. The van der Waals surface area contributed by atoms with Crippen molar-refractivity contribution in [2.75, 3.05) is 20.0 Å². The Morgan fingerprint density at radius 1 is 1.36 bits per heavy atom. The smallest absolute Gasteiger partial charge is 0.332 e. The summed E-state index contributed by atoms with van der Waals surface area (Å²) in [6, 6.07) is 0. The summed E-state index contributed by atoms with van der Waals surface area (Å²) in [6.45, 7) is 2.35. The van der Waals surface area contributed by atoms with E-state index < -0.39 is 5.97 Å². The van der Waals surface area contributed by atoms with Crippen LogP contribution in [0.15, 0.2) is 0 Å². The van der Waals surface area contributed by atoms with Crippen LogP contribution >= 0.6 is 0 Å². The van der Waals surface area contributed by atoms with Gasteiger partial charge in [0.2, 0.25) is 0 Å². The summed E-state index contributed by atoms with van der Waals surface area (Å²) in [5.74, 6) is -0.435. The Labute approximate surface area is 83.3 Å². The minimum atomic E-state index is -0.435. The molecule has 0 rings (SSSR count). The molecule has 5 heteroatoms. The maximum atomic E-state index is 10.9. The molecule has 0 aliphatic heterocycles. The third-order valence-corrected chi connectivity index (χ3v) is 1.45. The zero-order valence-corrected chi connectivity index (χ0v) is 8.36. The number of hydrogen-bond acceptors (Lipinski definition) is 5. The first-order valence-corrected chi connectivity index (χ1v) is 4.60. The molecule has 0 fully saturated rings. The average molecular weight is 204 g/mol. The van der Waals surface area contributed by atoms with Gasteiger partial charge in [-0.25, -0.2) is 4.79 Å². The van der Waals surface area contributed by atoms with Crippen LogP contribution in [0, 0.1) is 0 Å². The van der Waals surface area contributed by atoms with Crippen molar-refractivity contribution in [2.24, 2.45) is 0 Å². The highest BCUT2D eigenvalue weighted by atomic mass is 16.7. The number of hydrogen-bond donors (Lipinski definition) is 0. The van der Waals surface area contributed by atoms with Crippen molar-refractivity contribution in [3.8, 4) is 0 Å². The van der Waals surface area contributed by atoms with E-state index in [1.165, 1.54) is 0 Å². The van der Waals surface area contributed by atoms with E-state index >= 15 is 0 Å². The zero-order chi connectivity index (χ0) is 10.6. The van der Waals surface area contributed by atoms with Crippen molar-refractivity contribution in [2.45, 2.75) is 26.2 Å². The number of ether oxygens (including phenoxy) is 3. The Balaban J connectivity index is 3.15. The summed E-state index contributed by atoms with van der Waals surface area (Å²) in [7, 11) is 0. The molecule has 0 heterocycles. The van der Waals surface area contributed by atoms with Crippen LogP contribution in [-0.4, -0.2) is 32.4 Å². The van der Waals surface area contributed by atoms with Gasteiger partial charge >= 0.3 is 5.97 Å². The van der Waals surface area contributed by atoms with Crippen LogP contribution in [0.5, 0.6) is 0 Å². The number of carbonyl (C=O) groups is 2. The predicted molar refractivity (Wildman–Crippen MR) is 48.5 cm³/mol. The van der Waals surface area contributed by atoms with Crippen molar-refractivity contribution in [1.29, 1.82) is 0 Å². The molecule has 0 unspecified atom stereocenters. The highest BCUT2D eigenvalue weighted by molar-refractivity contribution is 5.70. The molecule has 0 saturated heterocycles. The molecule has 14 heavy (non-hydrogen) atoms. The summed E-state index contributed by atoms with van der Waals surface area (Å²) in [6.07, 6.45) is 3.00. The molecule has 0 aromatic rings. The van der Waals surface area contributed by atoms with Crippen molar-refractivity contribution in [1.82, 2.24) is 0 Å². The summed E-state index contributed by atoms with van der Waals surface area (Å²) in [4.78, 5) is 20.6. The van der Waals surface area contributed by atoms with Gasteiger partial charge in [-0.05, 0) is 6.42 Å². The van der Waals surface area contributed by atoms with E-state index in [2.05, 4.69) is 16.4 Å². The van der Waals surface area contributed by atoms with Gasteiger partial charge in [-0.15, -0.1) is 0 Å². The average Bonchev–Trinajstić information content (AvgIpc) is 2.19. The van der Waals surface area contributed by atoms with Crippen LogP contribution in [0.25, 0.3) is 0 Å². The molecule has 0 atom stereocenters. The summed E-state index contributed by atoms with van der Waals surface area (Å²) >= 11 is 0. The van der Waals surface area contributed by atoms with Crippen molar-refractivity contribution >= 4 is 12.4 Å². The lowest BCUT2D eigenvalue weighted by molar-refractivity contribution is -0.158. The standard InChI is InChI=1S/C9H16O5/c1-2-3-4-5-14-9(11)6-12-8-13-7-10/h7H,2-6,8H2,1H3. The van der Waals surface area contributed by atoms with Gasteiger partial charge in [0, 0.05) is 0 Å². The number of esters is 1. The molecule has 0 aliphatic rings. The second-order valence-corrected chi connectivity index (χ2v) is 2.66. The van der Waals surface area contributed by atoms with Gasteiger partial charge < -0.3 is 14.2 Å². The highest BCUT2D eigenvalue weighted by Crippen LogP contribution is 1.94. The lowest BCUT2D eigenvalue weighted by Crippen LogP contribution is -2.14. The normalized spacial score (nSPS) is 9.50. The number of rotatable bonds is 9. The van der Waals surface area contributed by atoms with Crippen LogP contribution < -0.4 is 0 Å². The van der Waals surface area contributed by atoms with E-state index in [1.54, 1.807) is 0 Å². The van der Waals surface area contributed by atoms with Gasteiger partial charge in [0.1, 0.15) is 6.61 Å². The Kier molecular flexibility index (Phi) is 9.20. The van der Waals surface area contributed by atoms with Crippen molar-refractivity contribution < 1.29 is 23.8 Å². The fourth-order valence-corrected chi connectivity index (χ4v) is 0.781. The van der Waals surface area contributed by atoms with E-state index in [4.69, 9.17) is 4.74 Å². The molecular formula is C9H16O5. The minimum absolute atomic E-state index is 0.181. The molecule has 82 valence electrons. The second-order valence-electron chi connectivity index (χ2n) is 2.66. The van der Waals surface area contributed by atoms with E-state index in [0.29, 0.717) is 6.61 Å². The van der Waals surface area contributed by atoms with Crippen molar-refractivity contribution in [3.05, 3.63) is 0 Å². The molecule has 0 radical (unpaired) electrons. The van der Waals surface area contributed by atoms with E-state index in [1.807, 2.05) is 0 Å². The first-order chi connectivity index (χ1) is 6.81. The molecule has 0 bridgehead atoms. The van der Waals surface area contributed by atoms with E-state index in [9.17, 15) is 9.59 Å². The van der Waals surface area contributed by atoms with Gasteiger partial charge in [0.05, 0.1) is 6.61 Å². The van der Waals surface area contributed by atoms with Gasteiger partial charge in [-0.3, -0.25) is 4.79 Å². The molecule has 0 aliphatic carbocycles. The number of carbonyl (C=O) groups excluding carboxylic acids is 2. The first kappa shape index (κ1) is 12.9. The van der Waals surface area contributed by atoms with Gasteiger partial charge in [-0.1, -0.05) is 19.8 Å². The quantitative estimate of drug-likeness (QED) is 0.241. The second kappa shape index (κ2) is 9.98. The van der Waals surface area contributed by atoms with Crippen LogP contribution in [0.4, 0.5) is 0 Å². The van der Waals surface area contributed by atoms with Crippen LogP contribution in [0.2, 0.25) is 0 Å². The summed E-state index contributed by atoms with van der Waals surface area (Å²) < 4.78 is 13.7. The summed E-state index contributed by atoms with van der Waals surface area (Å²) in [5.41, 5.74) is 0. The lowest BCUT2D eigenvalue weighted by Gasteiger charge is -2.04. The maximum Gasteiger partial charge on any atom is 0.332 e. The van der Waals surface area contributed by atoms with Crippen LogP contribution in [0.3, 0.4) is 0 Å². The Morgan fingerprint density at radius 3 is 2.79 bits per heavy atom. The minimum Gasteiger partial charge on any atom is -0.464 e. The topological polar surface area (TPSA) is 61.8 Å². The fraction of sp³-hybridized carbons (Fsp3) is 0.778. The zero-order valence-electron chi connectivity index (χ0n) is 8.36. The molecule has 0 amide bonds. The molecule has 0 saturated carbocycles. The monoisotopic (exact) mass is 204 g/mol. The third-order valence-electron chi connectivity index (χ3n) is 1.45. The van der Waals surface area contributed by atoms with Crippen molar-refractivity contribution in [3.63, 3.8) is 0 Å². The highest BCUT2D eigenvalue weighted by Gasteiger charge is 2.01. The van der Waals surface area contributed by atoms with Crippen LogP contribution in [-0.2, 0) is 23.8 Å². The first-order valence-electron chi connectivity index (χ1n) is 4.60. The number of unbranched alkanes of at least 4 members (excludes halogenated alkanes) is 2. The van der Waals surface area contributed by atoms with Gasteiger partial charge in [0.15, 0.2) is 6.79 Å². The molecular weight excluding hydrogens is 188 g/mol. The van der Waals surface area contributed by atoms with E-state index in [-0.39, 0.29) is 19.9 Å². The largest absolute Gasteiger partial charge is 0.464 e. The predicted octanol–water partition coefficient (Wildman–Crippen LogP) is 0.867. The SMILES string of the molecule is CCCCCOC(=O)COCOC=O.